The molecule has 0 bridgehead atoms. The Kier molecular flexibility index (Phi) is 4.96. The SMILES string of the molecule is CC(C)(NC(=O)CN=C1NS(=O)(=O)c2ccccc21)c1ccc(F)cc1Cl. The van der Waals surface area contributed by atoms with Crippen LogP contribution in [-0.4, -0.2) is 26.7 Å². The molecule has 0 radical (unpaired) electrons. The molecule has 9 heteroatoms. The van der Waals surface area contributed by atoms with Crippen LogP contribution in [0.4, 0.5) is 4.39 Å². The van der Waals surface area contributed by atoms with E-state index in [2.05, 4.69) is 15.0 Å². The van der Waals surface area contributed by atoms with E-state index >= 15 is 0 Å². The summed E-state index contributed by atoms with van der Waals surface area (Å²) >= 11 is 6.07. The van der Waals surface area contributed by atoms with Crippen LogP contribution in [0.5, 0.6) is 0 Å². The Morgan fingerprint density at radius 1 is 1.26 bits per heavy atom. The molecule has 1 amide bonds. The summed E-state index contributed by atoms with van der Waals surface area (Å²) in [4.78, 5) is 16.6. The number of halogens is 2. The van der Waals surface area contributed by atoms with Gasteiger partial charge in [0.2, 0.25) is 5.91 Å². The molecular formula is C18H17ClFN3O3S. The van der Waals surface area contributed by atoms with Gasteiger partial charge >= 0.3 is 0 Å². The van der Waals surface area contributed by atoms with Crippen molar-refractivity contribution >= 4 is 33.4 Å². The second-order valence-corrected chi connectivity index (χ2v) is 8.62. The maximum Gasteiger partial charge on any atom is 0.263 e. The van der Waals surface area contributed by atoms with Crippen LogP contribution in [0.15, 0.2) is 52.4 Å². The maximum atomic E-state index is 13.2. The minimum Gasteiger partial charge on any atom is -0.345 e. The third-order valence-corrected chi connectivity index (χ3v) is 5.81. The molecule has 0 saturated heterocycles. The van der Waals surface area contributed by atoms with E-state index in [1.807, 2.05) is 0 Å². The topological polar surface area (TPSA) is 87.6 Å². The summed E-state index contributed by atoms with van der Waals surface area (Å²) in [5.41, 5.74) is 0.111. The second-order valence-electron chi connectivity index (χ2n) is 6.56. The van der Waals surface area contributed by atoms with Crippen molar-refractivity contribution in [1.29, 1.82) is 0 Å². The number of carbonyl (C=O) groups excluding carboxylic acids is 1. The molecule has 2 aromatic carbocycles. The zero-order valence-corrected chi connectivity index (χ0v) is 16.2. The maximum absolute atomic E-state index is 13.2. The van der Waals surface area contributed by atoms with Gasteiger partial charge in [-0.2, -0.15) is 0 Å². The Morgan fingerprint density at radius 3 is 2.67 bits per heavy atom. The van der Waals surface area contributed by atoms with Gasteiger partial charge in [-0.15, -0.1) is 0 Å². The summed E-state index contributed by atoms with van der Waals surface area (Å²) in [6.07, 6.45) is 0. The lowest BCUT2D eigenvalue weighted by Gasteiger charge is -2.27. The molecule has 0 saturated carbocycles. The van der Waals surface area contributed by atoms with Gasteiger partial charge in [-0.1, -0.05) is 29.8 Å². The smallest absolute Gasteiger partial charge is 0.263 e. The summed E-state index contributed by atoms with van der Waals surface area (Å²) in [5, 5.41) is 2.97. The first-order valence-corrected chi connectivity index (χ1v) is 9.89. The molecule has 0 fully saturated rings. The van der Waals surface area contributed by atoms with E-state index < -0.39 is 27.3 Å². The second kappa shape index (κ2) is 6.94. The molecule has 0 spiro atoms. The van der Waals surface area contributed by atoms with Crippen molar-refractivity contribution in [3.8, 4) is 0 Å². The average Bonchev–Trinajstić information content (AvgIpc) is 2.83. The Bertz CT molecular complexity index is 1050. The predicted octanol–water partition coefficient (Wildman–Crippen LogP) is 2.57. The molecule has 1 aliphatic heterocycles. The van der Waals surface area contributed by atoms with Gasteiger partial charge in [0.25, 0.3) is 10.0 Å². The lowest BCUT2D eigenvalue weighted by Crippen LogP contribution is -2.42. The molecule has 0 unspecified atom stereocenters. The summed E-state index contributed by atoms with van der Waals surface area (Å²) in [6, 6.07) is 10.3. The van der Waals surface area contributed by atoms with Crippen LogP contribution in [0.2, 0.25) is 5.02 Å². The van der Waals surface area contributed by atoms with Crippen molar-refractivity contribution in [2.45, 2.75) is 24.3 Å². The van der Waals surface area contributed by atoms with Gasteiger partial charge in [0, 0.05) is 10.6 Å². The molecular weight excluding hydrogens is 393 g/mol. The van der Waals surface area contributed by atoms with Gasteiger partial charge < -0.3 is 5.32 Å². The first-order valence-electron chi connectivity index (χ1n) is 8.03. The quantitative estimate of drug-likeness (QED) is 0.813. The highest BCUT2D eigenvalue weighted by atomic mass is 35.5. The number of hydrogen-bond acceptors (Lipinski definition) is 4. The Balaban J connectivity index is 1.76. The lowest BCUT2D eigenvalue weighted by atomic mass is 9.94. The molecule has 0 aliphatic carbocycles. The van der Waals surface area contributed by atoms with E-state index in [-0.39, 0.29) is 22.3 Å². The molecule has 142 valence electrons. The van der Waals surface area contributed by atoms with Gasteiger partial charge in [0.15, 0.2) is 0 Å². The zero-order chi connectivity index (χ0) is 19.8. The van der Waals surface area contributed by atoms with Crippen molar-refractivity contribution < 1.29 is 17.6 Å². The fourth-order valence-electron chi connectivity index (χ4n) is 2.85. The van der Waals surface area contributed by atoms with Crippen molar-refractivity contribution in [3.05, 3.63) is 64.4 Å². The number of hydrogen-bond donors (Lipinski definition) is 2. The molecule has 1 heterocycles. The fraction of sp³-hybridized carbons (Fsp3) is 0.222. The van der Waals surface area contributed by atoms with E-state index in [4.69, 9.17) is 11.6 Å². The van der Waals surface area contributed by atoms with Crippen LogP contribution in [0.3, 0.4) is 0 Å². The van der Waals surface area contributed by atoms with Crippen LogP contribution in [0.1, 0.15) is 25.0 Å². The van der Waals surface area contributed by atoms with E-state index in [0.717, 1.165) is 0 Å². The first kappa shape index (κ1) is 19.3. The van der Waals surface area contributed by atoms with Crippen LogP contribution in [-0.2, 0) is 20.4 Å². The van der Waals surface area contributed by atoms with Crippen molar-refractivity contribution in [1.82, 2.24) is 10.0 Å². The van der Waals surface area contributed by atoms with Crippen molar-refractivity contribution in [2.75, 3.05) is 6.54 Å². The van der Waals surface area contributed by atoms with Gasteiger partial charge in [0.05, 0.1) is 10.4 Å². The summed E-state index contributed by atoms with van der Waals surface area (Å²) in [7, 11) is -3.66. The molecule has 2 aromatic rings. The van der Waals surface area contributed by atoms with E-state index in [1.165, 1.54) is 24.3 Å². The summed E-state index contributed by atoms with van der Waals surface area (Å²) in [5.74, 6) is -0.778. The van der Waals surface area contributed by atoms with E-state index in [1.54, 1.807) is 32.0 Å². The lowest BCUT2D eigenvalue weighted by molar-refractivity contribution is -0.121. The molecule has 0 atom stereocenters. The zero-order valence-electron chi connectivity index (χ0n) is 14.6. The molecule has 0 aromatic heterocycles. The van der Waals surface area contributed by atoms with E-state index in [9.17, 15) is 17.6 Å². The van der Waals surface area contributed by atoms with Crippen LogP contribution < -0.4 is 10.0 Å². The molecule has 3 rings (SSSR count). The van der Waals surface area contributed by atoms with Gasteiger partial charge in [-0.05, 0) is 43.7 Å². The normalized spacial score (nSPS) is 16.7. The fourth-order valence-corrected chi connectivity index (χ4v) is 4.51. The number of amides is 1. The Morgan fingerprint density at radius 2 is 1.96 bits per heavy atom. The van der Waals surface area contributed by atoms with E-state index in [0.29, 0.717) is 11.1 Å². The highest BCUT2D eigenvalue weighted by Gasteiger charge is 2.30. The number of sulfonamides is 1. The third-order valence-electron chi connectivity index (χ3n) is 4.10. The number of fused-ring (bicyclic) bond motifs is 1. The third kappa shape index (κ3) is 3.96. The minimum absolute atomic E-state index is 0.123. The number of carbonyl (C=O) groups is 1. The first-order chi connectivity index (χ1) is 12.6. The summed E-state index contributed by atoms with van der Waals surface area (Å²) in [6.45, 7) is 3.17. The number of nitrogens with one attached hydrogen (secondary N) is 2. The monoisotopic (exact) mass is 409 g/mol. The number of amidine groups is 1. The Hall–Kier alpha value is -2.45. The van der Waals surface area contributed by atoms with Crippen molar-refractivity contribution in [3.63, 3.8) is 0 Å². The Labute approximate surface area is 161 Å². The standard InChI is InChI=1S/C18H17ClFN3O3S/c1-18(2,13-8-7-11(20)9-14(13)19)22-16(24)10-21-17-12-5-3-4-6-15(12)27(25,26)23-17/h3-9H,10H2,1-2H3,(H,21,23)(H,22,24). The average molecular weight is 410 g/mol. The number of aliphatic imine (C=N–C) groups is 1. The van der Waals surface area contributed by atoms with Crippen LogP contribution in [0, 0.1) is 5.82 Å². The summed E-state index contributed by atoms with van der Waals surface area (Å²) < 4.78 is 39.7. The largest absolute Gasteiger partial charge is 0.345 e. The highest BCUT2D eigenvalue weighted by Crippen LogP contribution is 2.28. The molecule has 6 nitrogen and oxygen atoms in total. The number of rotatable bonds is 4. The molecule has 2 N–H and O–H groups in total. The van der Waals surface area contributed by atoms with Crippen molar-refractivity contribution in [2.24, 2.45) is 4.99 Å². The highest BCUT2D eigenvalue weighted by molar-refractivity contribution is 7.90. The minimum atomic E-state index is -3.66. The van der Waals surface area contributed by atoms with Crippen LogP contribution in [0.25, 0.3) is 0 Å². The van der Waals surface area contributed by atoms with Gasteiger partial charge in [-0.3, -0.25) is 14.5 Å². The molecule has 27 heavy (non-hydrogen) atoms. The number of nitrogens with zero attached hydrogens (tertiary/aromatic N) is 1. The number of benzene rings is 2. The van der Waals surface area contributed by atoms with Crippen LogP contribution >= 0.6 is 11.6 Å². The predicted molar refractivity (Wildman–Crippen MR) is 101 cm³/mol. The van der Waals surface area contributed by atoms with Gasteiger partial charge in [0.1, 0.15) is 18.2 Å². The van der Waals surface area contributed by atoms with Gasteiger partial charge in [-0.25, -0.2) is 12.8 Å². The molecule has 1 aliphatic rings.